The van der Waals surface area contributed by atoms with Gasteiger partial charge in [-0.25, -0.2) is 4.68 Å². The van der Waals surface area contributed by atoms with Gasteiger partial charge >= 0.3 is 0 Å². The summed E-state index contributed by atoms with van der Waals surface area (Å²) >= 11 is 0. The van der Waals surface area contributed by atoms with Crippen LogP contribution < -0.4 is 0 Å². The zero-order chi connectivity index (χ0) is 19.3. The van der Waals surface area contributed by atoms with E-state index in [2.05, 4.69) is 34.5 Å². The predicted molar refractivity (Wildman–Crippen MR) is 106 cm³/mol. The Kier molecular flexibility index (Phi) is 5.50. The van der Waals surface area contributed by atoms with E-state index in [9.17, 15) is 4.79 Å². The van der Waals surface area contributed by atoms with Crippen molar-refractivity contribution in [2.75, 3.05) is 6.54 Å². The number of likely N-dealkylation sites (tertiary alicyclic amines) is 1. The minimum absolute atomic E-state index is 0.0128. The molecule has 1 atom stereocenters. The average Bonchev–Trinajstić information content (AvgIpc) is 3.40. The largest absolute Gasteiger partial charge is 0.334 e. The van der Waals surface area contributed by atoms with E-state index < -0.39 is 0 Å². The Bertz CT molecular complexity index is 917. The van der Waals surface area contributed by atoms with Gasteiger partial charge in [-0.3, -0.25) is 9.48 Å². The molecule has 0 bridgehead atoms. The molecule has 0 aliphatic carbocycles. The molecule has 7 heteroatoms. The van der Waals surface area contributed by atoms with Gasteiger partial charge in [-0.1, -0.05) is 29.5 Å². The number of piperidine rings is 1. The number of amides is 1. The first-order valence-electron chi connectivity index (χ1n) is 9.94. The highest BCUT2D eigenvalue weighted by Crippen LogP contribution is 2.22. The second kappa shape index (κ2) is 8.37. The van der Waals surface area contributed by atoms with Crippen LogP contribution in [0.25, 0.3) is 0 Å². The summed E-state index contributed by atoms with van der Waals surface area (Å²) in [6.07, 6.45) is 9.67. The van der Waals surface area contributed by atoms with Gasteiger partial charge in [0.2, 0.25) is 0 Å². The van der Waals surface area contributed by atoms with Crippen molar-refractivity contribution in [1.29, 1.82) is 0 Å². The molecule has 1 fully saturated rings. The van der Waals surface area contributed by atoms with Crippen LogP contribution in [0, 0.1) is 6.92 Å². The minimum Gasteiger partial charge on any atom is -0.334 e. The molecule has 1 aromatic carbocycles. The van der Waals surface area contributed by atoms with Crippen molar-refractivity contribution in [3.05, 3.63) is 65.7 Å². The molecule has 1 aliphatic heterocycles. The van der Waals surface area contributed by atoms with E-state index in [4.69, 9.17) is 0 Å². The van der Waals surface area contributed by atoms with Crippen LogP contribution in [0.15, 0.2) is 48.9 Å². The number of nitrogens with zero attached hydrogens (tertiary/aromatic N) is 6. The average molecular weight is 378 g/mol. The highest BCUT2D eigenvalue weighted by atomic mass is 16.2. The van der Waals surface area contributed by atoms with Crippen LogP contribution in [-0.4, -0.2) is 48.2 Å². The van der Waals surface area contributed by atoms with Gasteiger partial charge in [0.15, 0.2) is 5.69 Å². The van der Waals surface area contributed by atoms with Crippen LogP contribution in [0.1, 0.15) is 47.3 Å². The second-order valence-corrected chi connectivity index (χ2v) is 7.43. The molecule has 1 amide bonds. The monoisotopic (exact) mass is 378 g/mol. The fourth-order valence-corrected chi connectivity index (χ4v) is 3.86. The van der Waals surface area contributed by atoms with E-state index in [0.29, 0.717) is 12.2 Å². The standard InChI is InChI=1S/C21H26N6O/c1-17-7-2-3-8-18(17)15-26-16-20(23-24-26)21(28)27-13-5-4-9-19(27)10-14-25-12-6-11-22-25/h2-3,6-8,11-12,16,19H,4-5,9-10,13-15H2,1H3/t19-/m1/s1. The van der Waals surface area contributed by atoms with Crippen molar-refractivity contribution in [2.45, 2.75) is 51.7 Å². The molecule has 1 aliphatic rings. The Morgan fingerprint density at radius 2 is 2.07 bits per heavy atom. The van der Waals surface area contributed by atoms with Gasteiger partial charge in [0.25, 0.3) is 5.91 Å². The topological polar surface area (TPSA) is 68.8 Å². The summed E-state index contributed by atoms with van der Waals surface area (Å²) in [5, 5.41) is 12.6. The fraction of sp³-hybridized carbons (Fsp3) is 0.429. The zero-order valence-corrected chi connectivity index (χ0v) is 16.2. The second-order valence-electron chi connectivity index (χ2n) is 7.43. The normalized spacial score (nSPS) is 17.0. The Balaban J connectivity index is 1.43. The molecule has 1 saturated heterocycles. The quantitative estimate of drug-likeness (QED) is 0.661. The minimum atomic E-state index is -0.0128. The summed E-state index contributed by atoms with van der Waals surface area (Å²) in [4.78, 5) is 15.1. The first-order chi connectivity index (χ1) is 13.7. The number of aryl methyl sites for hydroxylation is 2. The Morgan fingerprint density at radius 1 is 1.18 bits per heavy atom. The van der Waals surface area contributed by atoms with Crippen molar-refractivity contribution in [1.82, 2.24) is 29.7 Å². The molecule has 0 spiro atoms. The molecule has 7 nitrogen and oxygen atoms in total. The molecule has 0 saturated carbocycles. The molecule has 4 rings (SSSR count). The lowest BCUT2D eigenvalue weighted by Gasteiger charge is -2.35. The summed E-state index contributed by atoms with van der Waals surface area (Å²) in [6.45, 7) is 4.31. The van der Waals surface area contributed by atoms with Crippen LogP contribution in [0.2, 0.25) is 0 Å². The maximum absolute atomic E-state index is 13.1. The molecular formula is C21H26N6O. The summed E-state index contributed by atoms with van der Waals surface area (Å²) in [7, 11) is 0. The van der Waals surface area contributed by atoms with E-state index in [1.165, 1.54) is 11.1 Å². The van der Waals surface area contributed by atoms with Crippen molar-refractivity contribution < 1.29 is 4.79 Å². The Hall–Kier alpha value is -2.96. The predicted octanol–water partition coefficient (Wildman–Crippen LogP) is 2.92. The molecule has 0 radical (unpaired) electrons. The highest BCUT2D eigenvalue weighted by molar-refractivity contribution is 5.92. The number of aromatic nitrogens is 5. The van der Waals surface area contributed by atoms with Crippen molar-refractivity contribution in [3.63, 3.8) is 0 Å². The van der Waals surface area contributed by atoms with Crippen LogP contribution in [0.4, 0.5) is 0 Å². The van der Waals surface area contributed by atoms with E-state index >= 15 is 0 Å². The number of benzene rings is 1. The van der Waals surface area contributed by atoms with Gasteiger partial charge in [0.05, 0.1) is 12.7 Å². The Labute approximate surface area is 165 Å². The third-order valence-corrected chi connectivity index (χ3v) is 5.49. The third kappa shape index (κ3) is 4.13. The van der Waals surface area contributed by atoms with E-state index in [-0.39, 0.29) is 11.9 Å². The number of carbonyl (C=O) groups is 1. The van der Waals surface area contributed by atoms with Crippen LogP contribution in [-0.2, 0) is 13.1 Å². The summed E-state index contributed by atoms with van der Waals surface area (Å²) < 4.78 is 3.67. The van der Waals surface area contributed by atoms with Crippen LogP contribution in [0.3, 0.4) is 0 Å². The van der Waals surface area contributed by atoms with Gasteiger partial charge in [-0.15, -0.1) is 5.10 Å². The van der Waals surface area contributed by atoms with Gasteiger partial charge in [-0.2, -0.15) is 5.10 Å². The van der Waals surface area contributed by atoms with E-state index in [0.717, 1.165) is 38.8 Å². The lowest BCUT2D eigenvalue weighted by Crippen LogP contribution is -2.44. The van der Waals surface area contributed by atoms with Gasteiger partial charge < -0.3 is 4.90 Å². The van der Waals surface area contributed by atoms with Gasteiger partial charge in [0, 0.05) is 31.5 Å². The fourth-order valence-electron chi connectivity index (χ4n) is 3.86. The SMILES string of the molecule is Cc1ccccc1Cn1cc(C(=O)N2CCCC[C@@H]2CCn2cccn2)nn1. The zero-order valence-electron chi connectivity index (χ0n) is 16.2. The Morgan fingerprint density at radius 3 is 2.89 bits per heavy atom. The van der Waals surface area contributed by atoms with Crippen LogP contribution in [0.5, 0.6) is 0 Å². The maximum atomic E-state index is 13.1. The smallest absolute Gasteiger partial charge is 0.276 e. The molecule has 28 heavy (non-hydrogen) atoms. The lowest BCUT2D eigenvalue weighted by atomic mass is 9.99. The molecule has 0 N–H and O–H groups in total. The van der Waals surface area contributed by atoms with Crippen LogP contribution >= 0.6 is 0 Å². The molecule has 3 aromatic rings. The van der Waals surface area contributed by atoms with Gasteiger partial charge in [0.1, 0.15) is 0 Å². The van der Waals surface area contributed by atoms with Crippen molar-refractivity contribution in [3.8, 4) is 0 Å². The number of hydrogen-bond acceptors (Lipinski definition) is 4. The lowest BCUT2D eigenvalue weighted by molar-refractivity contribution is 0.0587. The molecule has 3 heterocycles. The van der Waals surface area contributed by atoms with Crippen molar-refractivity contribution >= 4 is 5.91 Å². The van der Waals surface area contributed by atoms with E-state index in [1.807, 2.05) is 34.0 Å². The molecule has 146 valence electrons. The summed E-state index contributed by atoms with van der Waals surface area (Å²) in [5.74, 6) is -0.0128. The number of hydrogen-bond donors (Lipinski definition) is 0. The summed E-state index contributed by atoms with van der Waals surface area (Å²) in [6, 6.07) is 10.4. The van der Waals surface area contributed by atoms with Crippen molar-refractivity contribution in [2.24, 2.45) is 0 Å². The van der Waals surface area contributed by atoms with Gasteiger partial charge in [-0.05, 0) is 49.8 Å². The third-order valence-electron chi connectivity index (χ3n) is 5.49. The molecular weight excluding hydrogens is 352 g/mol. The first kappa shape index (κ1) is 18.4. The number of carbonyl (C=O) groups excluding carboxylic acids is 1. The molecule has 2 aromatic heterocycles. The maximum Gasteiger partial charge on any atom is 0.276 e. The molecule has 0 unspecified atom stereocenters. The highest BCUT2D eigenvalue weighted by Gasteiger charge is 2.29. The number of rotatable bonds is 6. The first-order valence-corrected chi connectivity index (χ1v) is 9.94. The summed E-state index contributed by atoms with van der Waals surface area (Å²) in [5.41, 5.74) is 2.82. The van der Waals surface area contributed by atoms with E-state index in [1.54, 1.807) is 17.1 Å².